The Labute approximate surface area is 183 Å². The fraction of sp³-hybridized carbons (Fsp3) is 0.857. The lowest BCUT2D eigenvalue weighted by atomic mass is 10.0. The van der Waals surface area contributed by atoms with Gasteiger partial charge >= 0.3 is 0 Å². The monoisotopic (exact) mass is 404 g/mol. The predicted molar refractivity (Wildman–Crippen MR) is 130 cm³/mol. The molecule has 170 valence electrons. The van der Waals surface area contributed by atoms with Gasteiger partial charge in [0.05, 0.1) is 0 Å². The minimum absolute atomic E-state index is 1.09. The van der Waals surface area contributed by atoms with Crippen LogP contribution in [0.2, 0.25) is 0 Å². The molecule has 0 radical (unpaired) electrons. The Morgan fingerprint density at radius 3 is 1.17 bits per heavy atom. The van der Waals surface area contributed by atoms with Gasteiger partial charge in [-0.3, -0.25) is 0 Å². The molecule has 1 rings (SSSR count). The summed E-state index contributed by atoms with van der Waals surface area (Å²) < 4.78 is 5.75. The molecule has 0 atom stereocenters. The van der Waals surface area contributed by atoms with E-state index in [9.17, 15) is 0 Å². The summed E-state index contributed by atoms with van der Waals surface area (Å²) in [5.41, 5.74) is 1.30. The largest absolute Gasteiger partial charge is 0.466 e. The Kier molecular flexibility index (Phi) is 17.5. The third-order valence-corrected chi connectivity index (χ3v) is 6.49. The highest BCUT2D eigenvalue weighted by molar-refractivity contribution is 5.18. The molecule has 1 heteroatoms. The lowest BCUT2D eigenvalue weighted by Crippen LogP contribution is -1.85. The van der Waals surface area contributed by atoms with E-state index in [4.69, 9.17) is 4.42 Å². The van der Waals surface area contributed by atoms with Crippen molar-refractivity contribution in [2.75, 3.05) is 0 Å². The number of aryl methyl sites for hydroxylation is 3. The van der Waals surface area contributed by atoms with E-state index < -0.39 is 0 Å². The van der Waals surface area contributed by atoms with Gasteiger partial charge in [-0.2, -0.15) is 0 Å². The fourth-order valence-corrected chi connectivity index (χ4v) is 4.33. The molecule has 1 aromatic heterocycles. The molecule has 0 spiro atoms. The molecule has 0 amide bonds. The molecular formula is C28H52O. The van der Waals surface area contributed by atoms with E-state index in [0.717, 1.165) is 12.2 Å². The minimum Gasteiger partial charge on any atom is -0.466 e. The lowest BCUT2D eigenvalue weighted by molar-refractivity contribution is 0.467. The van der Waals surface area contributed by atoms with E-state index in [2.05, 4.69) is 26.8 Å². The van der Waals surface area contributed by atoms with E-state index in [-0.39, 0.29) is 0 Å². The first kappa shape index (κ1) is 26.3. The van der Waals surface area contributed by atoms with Crippen molar-refractivity contribution in [2.45, 2.75) is 156 Å². The molecule has 0 unspecified atom stereocenters. The first-order valence-corrected chi connectivity index (χ1v) is 13.3. The van der Waals surface area contributed by atoms with Crippen molar-refractivity contribution >= 4 is 0 Å². The number of hydrogen-bond donors (Lipinski definition) is 0. The molecule has 0 saturated carbocycles. The van der Waals surface area contributed by atoms with E-state index >= 15 is 0 Å². The van der Waals surface area contributed by atoms with Crippen LogP contribution in [0.3, 0.4) is 0 Å². The molecule has 0 bridgehead atoms. The Hall–Kier alpha value is -0.720. The molecule has 0 aliphatic carbocycles. The Balaban J connectivity index is 1.70. The van der Waals surface area contributed by atoms with Crippen molar-refractivity contribution in [3.8, 4) is 0 Å². The molecule has 29 heavy (non-hydrogen) atoms. The first-order chi connectivity index (χ1) is 14.2. The van der Waals surface area contributed by atoms with Crippen molar-refractivity contribution in [3.63, 3.8) is 0 Å². The third-order valence-electron chi connectivity index (χ3n) is 6.49. The second kappa shape index (κ2) is 19.3. The average Bonchev–Trinajstić information content (AvgIpc) is 3.04. The zero-order valence-electron chi connectivity index (χ0n) is 20.3. The Bertz CT molecular complexity index is 439. The second-order valence-corrected chi connectivity index (χ2v) is 9.42. The standard InChI is InChI=1S/C28H52O/c1-4-5-6-7-8-9-10-11-12-13-14-15-16-17-18-19-20-21-22-23-24-28-25-26(2)27(3)29-28/h25H,4-24H2,1-3H3. The summed E-state index contributed by atoms with van der Waals surface area (Å²) in [5.74, 6) is 2.27. The Morgan fingerprint density at radius 1 is 0.517 bits per heavy atom. The highest BCUT2D eigenvalue weighted by Gasteiger charge is 2.02. The van der Waals surface area contributed by atoms with Crippen molar-refractivity contribution in [3.05, 3.63) is 23.2 Å². The third kappa shape index (κ3) is 15.7. The molecule has 0 fully saturated rings. The summed E-state index contributed by atoms with van der Waals surface area (Å²) in [6.07, 6.45) is 30.0. The van der Waals surface area contributed by atoms with Crippen molar-refractivity contribution in [1.29, 1.82) is 0 Å². The van der Waals surface area contributed by atoms with Gasteiger partial charge in [-0.25, -0.2) is 0 Å². The maximum absolute atomic E-state index is 5.75. The number of rotatable bonds is 21. The topological polar surface area (TPSA) is 13.1 Å². The molecule has 1 nitrogen and oxygen atoms in total. The van der Waals surface area contributed by atoms with Crippen LogP contribution in [-0.4, -0.2) is 0 Å². The lowest BCUT2D eigenvalue weighted by Gasteiger charge is -2.04. The fourth-order valence-electron chi connectivity index (χ4n) is 4.33. The van der Waals surface area contributed by atoms with E-state index in [1.807, 2.05) is 0 Å². The van der Waals surface area contributed by atoms with Crippen LogP contribution in [0.25, 0.3) is 0 Å². The van der Waals surface area contributed by atoms with Gasteiger partial charge in [-0.15, -0.1) is 0 Å². The van der Waals surface area contributed by atoms with Crippen LogP contribution in [0.1, 0.15) is 152 Å². The number of unbranched alkanes of at least 4 members (excludes halogenated alkanes) is 19. The summed E-state index contributed by atoms with van der Waals surface area (Å²) in [6, 6.07) is 2.21. The highest BCUT2D eigenvalue weighted by Crippen LogP contribution is 2.17. The van der Waals surface area contributed by atoms with Crippen LogP contribution in [-0.2, 0) is 6.42 Å². The maximum atomic E-state index is 5.75. The van der Waals surface area contributed by atoms with Crippen LogP contribution in [0.15, 0.2) is 10.5 Å². The van der Waals surface area contributed by atoms with Crippen LogP contribution < -0.4 is 0 Å². The maximum Gasteiger partial charge on any atom is 0.104 e. The Morgan fingerprint density at radius 2 is 0.862 bits per heavy atom. The molecule has 0 N–H and O–H groups in total. The molecule has 1 heterocycles. The number of hydrogen-bond acceptors (Lipinski definition) is 1. The van der Waals surface area contributed by atoms with Gasteiger partial charge in [0.2, 0.25) is 0 Å². The molecular weight excluding hydrogens is 352 g/mol. The van der Waals surface area contributed by atoms with Crippen LogP contribution in [0.5, 0.6) is 0 Å². The van der Waals surface area contributed by atoms with Crippen molar-refractivity contribution in [1.82, 2.24) is 0 Å². The van der Waals surface area contributed by atoms with E-state index in [0.29, 0.717) is 0 Å². The molecule has 0 aromatic carbocycles. The normalized spacial score (nSPS) is 11.4. The predicted octanol–water partition coefficient (Wildman–Crippen LogP) is 10.3. The SMILES string of the molecule is CCCCCCCCCCCCCCCCCCCCCCc1cc(C)c(C)o1. The summed E-state index contributed by atoms with van der Waals surface area (Å²) in [4.78, 5) is 0. The van der Waals surface area contributed by atoms with Gasteiger partial charge in [0.1, 0.15) is 11.5 Å². The molecule has 0 saturated heterocycles. The number of furan rings is 1. The van der Waals surface area contributed by atoms with E-state index in [1.165, 1.54) is 140 Å². The highest BCUT2D eigenvalue weighted by atomic mass is 16.3. The summed E-state index contributed by atoms with van der Waals surface area (Å²) >= 11 is 0. The zero-order valence-corrected chi connectivity index (χ0v) is 20.3. The molecule has 1 aromatic rings. The first-order valence-electron chi connectivity index (χ1n) is 13.3. The summed E-state index contributed by atoms with van der Waals surface area (Å²) in [7, 11) is 0. The smallest absolute Gasteiger partial charge is 0.104 e. The van der Waals surface area contributed by atoms with Crippen LogP contribution in [0.4, 0.5) is 0 Å². The van der Waals surface area contributed by atoms with Gasteiger partial charge in [0.25, 0.3) is 0 Å². The summed E-state index contributed by atoms with van der Waals surface area (Å²) in [5, 5.41) is 0. The minimum atomic E-state index is 1.09. The van der Waals surface area contributed by atoms with Gasteiger partial charge in [0.15, 0.2) is 0 Å². The van der Waals surface area contributed by atoms with Crippen molar-refractivity contribution in [2.24, 2.45) is 0 Å². The average molecular weight is 405 g/mol. The quantitative estimate of drug-likeness (QED) is 0.186. The molecule has 0 aliphatic rings. The van der Waals surface area contributed by atoms with Gasteiger partial charge in [-0.1, -0.05) is 129 Å². The van der Waals surface area contributed by atoms with Crippen molar-refractivity contribution < 1.29 is 4.42 Å². The van der Waals surface area contributed by atoms with Gasteiger partial charge in [0, 0.05) is 6.42 Å². The van der Waals surface area contributed by atoms with Gasteiger partial charge in [-0.05, 0) is 31.9 Å². The van der Waals surface area contributed by atoms with Gasteiger partial charge < -0.3 is 4.42 Å². The molecule has 0 aliphatic heterocycles. The zero-order chi connectivity index (χ0) is 21.0. The second-order valence-electron chi connectivity index (χ2n) is 9.42. The van der Waals surface area contributed by atoms with E-state index in [1.54, 1.807) is 0 Å². The van der Waals surface area contributed by atoms with Crippen LogP contribution >= 0.6 is 0 Å². The van der Waals surface area contributed by atoms with Crippen LogP contribution in [0, 0.1) is 13.8 Å². The summed E-state index contributed by atoms with van der Waals surface area (Å²) in [6.45, 7) is 6.50.